The van der Waals surface area contributed by atoms with Gasteiger partial charge in [-0.05, 0) is 22.9 Å². The van der Waals surface area contributed by atoms with Crippen LogP contribution < -0.4 is 5.32 Å². The molecule has 1 amide bonds. The molecule has 28 heavy (non-hydrogen) atoms. The van der Waals surface area contributed by atoms with Crippen LogP contribution in [0.25, 0.3) is 22.0 Å². The number of amides is 1. The maximum absolute atomic E-state index is 12.5. The molecule has 1 heterocycles. The SMILES string of the molecule is O=C(Nc1nc(-c2ccc3ccccc3c2)cs1)c1cc([N+](=O)[O-])ccc1Cl. The summed E-state index contributed by atoms with van der Waals surface area (Å²) < 4.78 is 0. The van der Waals surface area contributed by atoms with Gasteiger partial charge in [0.15, 0.2) is 5.13 Å². The topological polar surface area (TPSA) is 85.1 Å². The predicted octanol–water partition coefficient (Wildman–Crippen LogP) is 5.78. The number of anilines is 1. The number of nitrogens with zero attached hydrogens (tertiary/aromatic N) is 2. The van der Waals surface area contributed by atoms with Gasteiger partial charge in [-0.25, -0.2) is 4.98 Å². The third kappa shape index (κ3) is 3.58. The molecule has 4 aromatic rings. The molecule has 1 N–H and O–H groups in total. The minimum Gasteiger partial charge on any atom is -0.298 e. The average Bonchev–Trinajstić information content (AvgIpc) is 3.16. The molecule has 3 aromatic carbocycles. The molecule has 0 atom stereocenters. The van der Waals surface area contributed by atoms with Crippen LogP contribution >= 0.6 is 22.9 Å². The van der Waals surface area contributed by atoms with Crippen molar-refractivity contribution in [3.8, 4) is 11.3 Å². The Balaban J connectivity index is 1.58. The fourth-order valence-electron chi connectivity index (χ4n) is 2.78. The summed E-state index contributed by atoms with van der Waals surface area (Å²) in [7, 11) is 0. The summed E-state index contributed by atoms with van der Waals surface area (Å²) in [5.74, 6) is -0.548. The number of carbonyl (C=O) groups is 1. The monoisotopic (exact) mass is 409 g/mol. The van der Waals surface area contributed by atoms with Crippen molar-refractivity contribution in [1.82, 2.24) is 4.98 Å². The first-order chi connectivity index (χ1) is 13.5. The van der Waals surface area contributed by atoms with E-state index < -0.39 is 10.8 Å². The first-order valence-electron chi connectivity index (χ1n) is 8.21. The highest BCUT2D eigenvalue weighted by Gasteiger charge is 2.17. The van der Waals surface area contributed by atoms with E-state index in [1.165, 1.54) is 23.5 Å². The van der Waals surface area contributed by atoms with Crippen LogP contribution in [0.3, 0.4) is 0 Å². The fourth-order valence-corrected chi connectivity index (χ4v) is 3.70. The molecule has 138 valence electrons. The van der Waals surface area contributed by atoms with Gasteiger partial charge in [0, 0.05) is 23.1 Å². The highest BCUT2D eigenvalue weighted by molar-refractivity contribution is 7.14. The molecule has 8 heteroatoms. The number of hydrogen-bond acceptors (Lipinski definition) is 5. The fraction of sp³-hybridized carbons (Fsp3) is 0. The number of fused-ring (bicyclic) bond motifs is 1. The van der Waals surface area contributed by atoms with Crippen molar-refractivity contribution in [2.24, 2.45) is 0 Å². The molecule has 0 aliphatic heterocycles. The summed E-state index contributed by atoms with van der Waals surface area (Å²) in [4.78, 5) is 27.3. The summed E-state index contributed by atoms with van der Waals surface area (Å²) in [6.45, 7) is 0. The molecule has 0 aliphatic carbocycles. The molecule has 4 rings (SSSR count). The molecule has 0 unspecified atom stereocenters. The molecule has 6 nitrogen and oxygen atoms in total. The number of benzene rings is 3. The van der Waals surface area contributed by atoms with E-state index in [-0.39, 0.29) is 16.3 Å². The van der Waals surface area contributed by atoms with E-state index in [4.69, 9.17) is 11.6 Å². The van der Waals surface area contributed by atoms with Crippen LogP contribution in [0.2, 0.25) is 5.02 Å². The van der Waals surface area contributed by atoms with Gasteiger partial charge in [-0.3, -0.25) is 20.2 Å². The number of thiazole rings is 1. The van der Waals surface area contributed by atoms with Gasteiger partial charge in [-0.1, -0.05) is 48.0 Å². The van der Waals surface area contributed by atoms with Gasteiger partial charge in [0.05, 0.1) is 21.2 Å². The third-order valence-electron chi connectivity index (χ3n) is 4.18. The number of nitro benzene ring substituents is 1. The van der Waals surface area contributed by atoms with E-state index in [0.717, 1.165) is 28.1 Å². The van der Waals surface area contributed by atoms with Gasteiger partial charge < -0.3 is 0 Å². The zero-order valence-corrected chi connectivity index (χ0v) is 15.8. The van der Waals surface area contributed by atoms with E-state index >= 15 is 0 Å². The largest absolute Gasteiger partial charge is 0.298 e. The zero-order chi connectivity index (χ0) is 19.7. The van der Waals surface area contributed by atoms with E-state index in [1.54, 1.807) is 0 Å². The van der Waals surface area contributed by atoms with Crippen molar-refractivity contribution in [3.63, 3.8) is 0 Å². The van der Waals surface area contributed by atoms with E-state index in [2.05, 4.69) is 10.3 Å². The summed E-state index contributed by atoms with van der Waals surface area (Å²) in [6.07, 6.45) is 0. The van der Waals surface area contributed by atoms with Crippen LogP contribution in [-0.2, 0) is 0 Å². The molecule has 0 fully saturated rings. The second kappa shape index (κ2) is 7.38. The first kappa shape index (κ1) is 18.1. The lowest BCUT2D eigenvalue weighted by molar-refractivity contribution is -0.384. The van der Waals surface area contributed by atoms with Crippen LogP contribution in [0.5, 0.6) is 0 Å². The lowest BCUT2D eigenvalue weighted by Crippen LogP contribution is -2.12. The molecule has 0 aliphatic rings. The second-order valence-electron chi connectivity index (χ2n) is 5.98. The van der Waals surface area contributed by atoms with Crippen LogP contribution in [-0.4, -0.2) is 15.8 Å². The number of halogens is 1. The minimum absolute atomic E-state index is 0.0262. The van der Waals surface area contributed by atoms with Gasteiger partial charge in [-0.15, -0.1) is 11.3 Å². The Morgan fingerprint density at radius 3 is 2.64 bits per heavy atom. The summed E-state index contributed by atoms with van der Waals surface area (Å²) in [5, 5.41) is 18.2. The number of aromatic nitrogens is 1. The van der Waals surface area contributed by atoms with Crippen LogP contribution in [0.1, 0.15) is 10.4 Å². The minimum atomic E-state index is -0.575. The number of rotatable bonds is 4. The quantitative estimate of drug-likeness (QED) is 0.342. The van der Waals surface area contributed by atoms with E-state index in [0.29, 0.717) is 5.13 Å². The molecule has 0 saturated carbocycles. The Labute approximate surface area is 168 Å². The Bertz CT molecular complexity index is 1220. The van der Waals surface area contributed by atoms with E-state index in [9.17, 15) is 14.9 Å². The molecule has 1 aromatic heterocycles. The standard InChI is InChI=1S/C20H12ClN3O3S/c21-17-8-7-15(24(26)27)10-16(17)19(25)23-20-22-18(11-28-20)14-6-5-12-3-1-2-4-13(12)9-14/h1-11H,(H,22,23,25). The molecule has 0 bridgehead atoms. The maximum atomic E-state index is 12.5. The summed E-state index contributed by atoms with van der Waals surface area (Å²) in [6, 6.07) is 17.8. The number of carbonyl (C=O) groups excluding carboxylic acids is 1. The van der Waals surface area contributed by atoms with E-state index in [1.807, 2.05) is 47.8 Å². The molecule has 0 spiro atoms. The molecule has 0 radical (unpaired) electrons. The first-order valence-corrected chi connectivity index (χ1v) is 9.47. The lowest BCUT2D eigenvalue weighted by atomic mass is 10.1. The Morgan fingerprint density at radius 1 is 1.07 bits per heavy atom. The highest BCUT2D eigenvalue weighted by atomic mass is 35.5. The van der Waals surface area contributed by atoms with Crippen molar-refractivity contribution in [2.45, 2.75) is 0 Å². The van der Waals surface area contributed by atoms with Crippen molar-refractivity contribution >= 4 is 50.4 Å². The van der Waals surface area contributed by atoms with Crippen LogP contribution in [0, 0.1) is 10.1 Å². The number of nitro groups is 1. The van der Waals surface area contributed by atoms with Crippen LogP contribution in [0.4, 0.5) is 10.8 Å². The highest BCUT2D eigenvalue weighted by Crippen LogP contribution is 2.29. The van der Waals surface area contributed by atoms with Gasteiger partial charge in [0.1, 0.15) is 0 Å². The van der Waals surface area contributed by atoms with Crippen molar-refractivity contribution in [2.75, 3.05) is 5.32 Å². The van der Waals surface area contributed by atoms with Crippen molar-refractivity contribution < 1.29 is 9.72 Å². The number of hydrogen-bond donors (Lipinski definition) is 1. The maximum Gasteiger partial charge on any atom is 0.270 e. The third-order valence-corrected chi connectivity index (χ3v) is 5.26. The van der Waals surface area contributed by atoms with Gasteiger partial charge in [-0.2, -0.15) is 0 Å². The predicted molar refractivity (Wildman–Crippen MR) is 111 cm³/mol. The van der Waals surface area contributed by atoms with Gasteiger partial charge in [0.2, 0.25) is 0 Å². The smallest absolute Gasteiger partial charge is 0.270 e. The normalized spacial score (nSPS) is 10.8. The molecular weight excluding hydrogens is 398 g/mol. The lowest BCUT2D eigenvalue weighted by Gasteiger charge is -2.04. The second-order valence-corrected chi connectivity index (χ2v) is 7.24. The summed E-state index contributed by atoms with van der Waals surface area (Å²) >= 11 is 7.29. The number of non-ortho nitro benzene ring substituents is 1. The van der Waals surface area contributed by atoms with Crippen LogP contribution in [0.15, 0.2) is 66.0 Å². The van der Waals surface area contributed by atoms with Gasteiger partial charge >= 0.3 is 0 Å². The molecular formula is C20H12ClN3O3S. The van der Waals surface area contributed by atoms with Crippen molar-refractivity contribution in [1.29, 1.82) is 0 Å². The summed E-state index contributed by atoms with van der Waals surface area (Å²) in [5.41, 5.74) is 1.49. The van der Waals surface area contributed by atoms with Gasteiger partial charge in [0.25, 0.3) is 11.6 Å². The molecule has 0 saturated heterocycles. The Kier molecular flexibility index (Phi) is 4.77. The zero-order valence-electron chi connectivity index (χ0n) is 14.3. The van der Waals surface area contributed by atoms with Crippen molar-refractivity contribution in [3.05, 3.63) is 86.7 Å². The Morgan fingerprint density at radius 2 is 1.86 bits per heavy atom. The number of nitrogens with one attached hydrogen (secondary N) is 1. The Hall–Kier alpha value is -3.29. The average molecular weight is 410 g/mol.